The molecule has 8 nitrogen and oxygen atoms in total. The minimum absolute atomic E-state index is 0.150. The number of hydrogen-bond acceptors (Lipinski definition) is 5. The van der Waals surface area contributed by atoms with Gasteiger partial charge in [-0.15, -0.1) is 0 Å². The molecule has 0 unspecified atom stereocenters. The van der Waals surface area contributed by atoms with Crippen molar-refractivity contribution in [3.63, 3.8) is 0 Å². The van der Waals surface area contributed by atoms with Gasteiger partial charge in [0, 0.05) is 50.9 Å². The van der Waals surface area contributed by atoms with Crippen molar-refractivity contribution in [2.45, 2.75) is 19.3 Å². The molecule has 0 radical (unpaired) electrons. The molecule has 1 aliphatic rings. The van der Waals surface area contributed by atoms with Gasteiger partial charge in [0.1, 0.15) is 11.6 Å². The number of aromatic nitrogens is 3. The maximum absolute atomic E-state index is 12.3. The molecule has 2 aromatic rings. The smallest absolute Gasteiger partial charge is 0.251 e. The molecule has 1 aliphatic heterocycles. The van der Waals surface area contributed by atoms with Crippen LogP contribution in [0.4, 0.5) is 11.6 Å². The van der Waals surface area contributed by atoms with Crippen molar-refractivity contribution < 1.29 is 9.59 Å². The summed E-state index contributed by atoms with van der Waals surface area (Å²) in [6.07, 6.45) is 5.62. The second-order valence-electron chi connectivity index (χ2n) is 5.99. The van der Waals surface area contributed by atoms with E-state index >= 15 is 0 Å². The predicted molar refractivity (Wildman–Crippen MR) is 93.5 cm³/mol. The van der Waals surface area contributed by atoms with E-state index in [0.29, 0.717) is 30.9 Å². The molecule has 3 rings (SSSR count). The molecule has 0 aromatic carbocycles. The Labute approximate surface area is 146 Å². The lowest BCUT2D eigenvalue weighted by molar-refractivity contribution is -0.127. The van der Waals surface area contributed by atoms with Gasteiger partial charge < -0.3 is 15.5 Å². The Bertz CT molecular complexity index is 757. The van der Waals surface area contributed by atoms with Gasteiger partial charge in [-0.3, -0.25) is 14.3 Å². The molecule has 2 amide bonds. The quantitative estimate of drug-likeness (QED) is 0.740. The van der Waals surface area contributed by atoms with Crippen molar-refractivity contribution in [3.8, 4) is 0 Å². The summed E-state index contributed by atoms with van der Waals surface area (Å²) in [7, 11) is 1.82. The Hall–Kier alpha value is -2.90. The normalized spacial score (nSPS) is 14.0. The van der Waals surface area contributed by atoms with E-state index in [-0.39, 0.29) is 11.8 Å². The topological polar surface area (TPSA) is 92.2 Å². The fourth-order valence-electron chi connectivity index (χ4n) is 2.78. The van der Waals surface area contributed by atoms with E-state index in [1.54, 1.807) is 29.2 Å². The summed E-state index contributed by atoms with van der Waals surface area (Å²) in [5, 5.41) is 10.1. The van der Waals surface area contributed by atoms with Crippen molar-refractivity contribution in [2.75, 3.05) is 25.0 Å². The van der Waals surface area contributed by atoms with Crippen molar-refractivity contribution in [1.29, 1.82) is 0 Å². The molecule has 0 spiro atoms. The third-order valence-electron chi connectivity index (χ3n) is 4.16. The third kappa shape index (κ3) is 4.34. The van der Waals surface area contributed by atoms with Gasteiger partial charge in [0.2, 0.25) is 5.91 Å². The van der Waals surface area contributed by atoms with Crippen molar-refractivity contribution in [1.82, 2.24) is 25.0 Å². The zero-order valence-corrected chi connectivity index (χ0v) is 14.2. The molecule has 3 heterocycles. The maximum Gasteiger partial charge on any atom is 0.251 e. The molecule has 132 valence electrons. The molecule has 0 bridgehead atoms. The first kappa shape index (κ1) is 16.9. The summed E-state index contributed by atoms with van der Waals surface area (Å²) in [6, 6.07) is 5.20. The molecule has 0 aliphatic carbocycles. The van der Waals surface area contributed by atoms with Crippen molar-refractivity contribution >= 4 is 23.5 Å². The number of aryl methyl sites for hydroxylation is 1. The number of rotatable bonds is 7. The summed E-state index contributed by atoms with van der Waals surface area (Å²) in [6.45, 7) is 2.07. The highest BCUT2D eigenvalue weighted by atomic mass is 16.2. The van der Waals surface area contributed by atoms with Crippen molar-refractivity contribution in [2.24, 2.45) is 7.05 Å². The SMILES string of the molecule is Cn1nccc1Nc1cc(C(=O)NCCCN2CCCC2=O)ccn1. The number of anilines is 2. The van der Waals surface area contributed by atoms with Crippen LogP contribution in [-0.4, -0.2) is 51.1 Å². The van der Waals surface area contributed by atoms with Crippen LogP contribution in [-0.2, 0) is 11.8 Å². The number of amides is 2. The summed E-state index contributed by atoms with van der Waals surface area (Å²) in [5.74, 6) is 1.44. The molecule has 8 heteroatoms. The summed E-state index contributed by atoms with van der Waals surface area (Å²) in [5.41, 5.74) is 0.539. The molecule has 25 heavy (non-hydrogen) atoms. The zero-order chi connectivity index (χ0) is 17.6. The molecule has 1 fully saturated rings. The third-order valence-corrected chi connectivity index (χ3v) is 4.16. The first-order valence-electron chi connectivity index (χ1n) is 8.40. The highest BCUT2D eigenvalue weighted by molar-refractivity contribution is 5.94. The lowest BCUT2D eigenvalue weighted by Crippen LogP contribution is -2.30. The second kappa shape index (κ2) is 7.78. The first-order valence-corrected chi connectivity index (χ1v) is 8.40. The molecular weight excluding hydrogens is 320 g/mol. The van der Waals surface area contributed by atoms with Crippen LogP contribution in [0.1, 0.15) is 29.6 Å². The fraction of sp³-hybridized carbons (Fsp3) is 0.412. The number of likely N-dealkylation sites (tertiary alicyclic amines) is 1. The van der Waals surface area contributed by atoms with E-state index in [4.69, 9.17) is 0 Å². The average molecular weight is 342 g/mol. The lowest BCUT2D eigenvalue weighted by Gasteiger charge is -2.15. The number of nitrogens with zero attached hydrogens (tertiary/aromatic N) is 4. The van der Waals surface area contributed by atoms with E-state index in [2.05, 4.69) is 20.7 Å². The second-order valence-corrected chi connectivity index (χ2v) is 5.99. The van der Waals surface area contributed by atoms with Gasteiger partial charge in [0.05, 0.1) is 6.20 Å². The molecule has 2 N–H and O–H groups in total. The summed E-state index contributed by atoms with van der Waals surface area (Å²) >= 11 is 0. The van der Waals surface area contributed by atoms with Crippen LogP contribution < -0.4 is 10.6 Å². The van der Waals surface area contributed by atoms with Gasteiger partial charge in [-0.1, -0.05) is 0 Å². The van der Waals surface area contributed by atoms with Gasteiger partial charge in [0.25, 0.3) is 5.91 Å². The van der Waals surface area contributed by atoms with Crippen LogP contribution in [0.15, 0.2) is 30.6 Å². The summed E-state index contributed by atoms with van der Waals surface area (Å²) in [4.78, 5) is 29.9. The van der Waals surface area contributed by atoms with Gasteiger partial charge >= 0.3 is 0 Å². The minimum Gasteiger partial charge on any atom is -0.352 e. The van der Waals surface area contributed by atoms with Gasteiger partial charge in [0.15, 0.2) is 0 Å². The first-order chi connectivity index (χ1) is 12.1. The summed E-state index contributed by atoms with van der Waals surface area (Å²) < 4.78 is 1.69. The molecular formula is C17H22N6O2. The zero-order valence-electron chi connectivity index (χ0n) is 14.2. The van der Waals surface area contributed by atoms with Crippen molar-refractivity contribution in [3.05, 3.63) is 36.2 Å². The fourth-order valence-corrected chi connectivity index (χ4v) is 2.78. The maximum atomic E-state index is 12.3. The molecule has 1 saturated heterocycles. The van der Waals surface area contributed by atoms with Crippen LogP contribution in [0.25, 0.3) is 0 Å². The predicted octanol–water partition coefficient (Wildman–Crippen LogP) is 1.30. The molecule has 2 aromatic heterocycles. The number of carbonyl (C=O) groups is 2. The van der Waals surface area contributed by atoms with E-state index in [1.165, 1.54) is 0 Å². The van der Waals surface area contributed by atoms with E-state index in [1.807, 2.05) is 18.0 Å². The highest BCUT2D eigenvalue weighted by Crippen LogP contribution is 2.14. The van der Waals surface area contributed by atoms with Crippen LogP contribution in [0.5, 0.6) is 0 Å². The lowest BCUT2D eigenvalue weighted by atomic mass is 10.2. The van der Waals surface area contributed by atoms with Gasteiger partial charge in [-0.2, -0.15) is 5.10 Å². The Kier molecular flexibility index (Phi) is 5.27. The van der Waals surface area contributed by atoms with Crippen LogP contribution in [0.3, 0.4) is 0 Å². The van der Waals surface area contributed by atoms with Gasteiger partial charge in [-0.05, 0) is 25.0 Å². The number of pyridine rings is 1. The van der Waals surface area contributed by atoms with Crippen LogP contribution in [0.2, 0.25) is 0 Å². The average Bonchev–Trinajstić information content (AvgIpc) is 3.20. The number of carbonyl (C=O) groups excluding carboxylic acids is 2. The standard InChI is InChI=1S/C17H22N6O2/c1-22-15(6-9-20-22)21-14-12-13(5-8-18-14)17(25)19-7-3-11-23-10-2-4-16(23)24/h5-6,8-9,12H,2-4,7,10-11H2,1H3,(H,18,21)(H,19,25). The van der Waals surface area contributed by atoms with Crippen LogP contribution >= 0.6 is 0 Å². The Morgan fingerprint density at radius 2 is 2.20 bits per heavy atom. The minimum atomic E-state index is -0.150. The largest absolute Gasteiger partial charge is 0.352 e. The van der Waals surface area contributed by atoms with Gasteiger partial charge in [-0.25, -0.2) is 4.98 Å². The monoisotopic (exact) mass is 342 g/mol. The Morgan fingerprint density at radius 3 is 2.92 bits per heavy atom. The van der Waals surface area contributed by atoms with E-state index < -0.39 is 0 Å². The molecule has 0 atom stereocenters. The van der Waals surface area contributed by atoms with E-state index in [9.17, 15) is 9.59 Å². The Morgan fingerprint density at radius 1 is 1.32 bits per heavy atom. The Balaban J connectivity index is 1.49. The van der Waals surface area contributed by atoms with E-state index in [0.717, 1.165) is 25.2 Å². The number of hydrogen-bond donors (Lipinski definition) is 2. The van der Waals surface area contributed by atoms with Crippen LogP contribution in [0, 0.1) is 0 Å². The number of nitrogens with one attached hydrogen (secondary N) is 2. The molecule has 0 saturated carbocycles. The highest BCUT2D eigenvalue weighted by Gasteiger charge is 2.19.